The van der Waals surface area contributed by atoms with E-state index in [9.17, 15) is 13.2 Å². The van der Waals surface area contributed by atoms with Gasteiger partial charge < -0.3 is 10.2 Å². The maximum atomic E-state index is 12.3. The summed E-state index contributed by atoms with van der Waals surface area (Å²) in [5.74, 6) is -0.413. The summed E-state index contributed by atoms with van der Waals surface area (Å²) in [5.41, 5.74) is 0.661. The first-order chi connectivity index (χ1) is 12.9. The highest BCUT2D eigenvalue weighted by Crippen LogP contribution is 2.16. The third-order valence-corrected chi connectivity index (χ3v) is 6.29. The molecule has 2 heterocycles. The van der Waals surface area contributed by atoms with E-state index in [0.29, 0.717) is 11.5 Å². The molecule has 1 amide bonds. The van der Waals surface area contributed by atoms with E-state index in [1.54, 1.807) is 36.7 Å². The number of amides is 1. The van der Waals surface area contributed by atoms with Crippen LogP contribution in [0.15, 0.2) is 47.2 Å². The van der Waals surface area contributed by atoms with Gasteiger partial charge in [0.25, 0.3) is 0 Å². The predicted octanol–water partition coefficient (Wildman–Crippen LogP) is 1.94. The van der Waals surface area contributed by atoms with Gasteiger partial charge >= 0.3 is 0 Å². The Balaban J connectivity index is 1.48. The Morgan fingerprint density at radius 2 is 1.89 bits per heavy atom. The fourth-order valence-electron chi connectivity index (χ4n) is 3.08. The molecule has 0 aliphatic carbocycles. The lowest BCUT2D eigenvalue weighted by molar-refractivity contribution is -0.119. The van der Waals surface area contributed by atoms with Gasteiger partial charge in [0.15, 0.2) is 9.84 Å². The maximum Gasteiger partial charge on any atom is 0.235 e. The van der Waals surface area contributed by atoms with Crippen LogP contribution in [0, 0.1) is 0 Å². The molecule has 144 valence electrons. The molecule has 1 aliphatic heterocycles. The zero-order valence-corrected chi connectivity index (χ0v) is 17.1. The van der Waals surface area contributed by atoms with Crippen molar-refractivity contribution in [2.45, 2.75) is 24.6 Å². The summed E-state index contributed by atoms with van der Waals surface area (Å²) in [6.07, 6.45) is 4.87. The largest absolute Gasteiger partial charge is 0.352 e. The van der Waals surface area contributed by atoms with Crippen LogP contribution in [0.25, 0.3) is 0 Å². The van der Waals surface area contributed by atoms with Gasteiger partial charge in [0, 0.05) is 36.0 Å². The molecule has 0 radical (unpaired) electrons. The summed E-state index contributed by atoms with van der Waals surface area (Å²) >= 11 is 3.32. The predicted molar refractivity (Wildman–Crippen MR) is 107 cm³/mol. The van der Waals surface area contributed by atoms with Crippen LogP contribution >= 0.6 is 15.9 Å². The Labute approximate surface area is 167 Å². The van der Waals surface area contributed by atoms with Crippen LogP contribution in [0.3, 0.4) is 0 Å². The molecule has 9 heteroatoms. The molecular weight excluding hydrogens is 432 g/mol. The van der Waals surface area contributed by atoms with Crippen LogP contribution < -0.4 is 10.2 Å². The number of carbonyl (C=O) groups is 1. The van der Waals surface area contributed by atoms with Crippen molar-refractivity contribution < 1.29 is 13.2 Å². The highest BCUT2D eigenvalue weighted by atomic mass is 79.9. The first-order valence-electron chi connectivity index (χ1n) is 8.67. The van der Waals surface area contributed by atoms with Gasteiger partial charge in [-0.25, -0.2) is 18.4 Å². The second kappa shape index (κ2) is 8.79. The summed E-state index contributed by atoms with van der Waals surface area (Å²) in [6.45, 7) is 1.44. The fourth-order valence-corrected chi connectivity index (χ4v) is 4.80. The van der Waals surface area contributed by atoms with Crippen molar-refractivity contribution in [2.75, 3.05) is 23.7 Å². The van der Waals surface area contributed by atoms with Gasteiger partial charge in [-0.15, -0.1) is 0 Å². The first-order valence-corrected chi connectivity index (χ1v) is 11.3. The Hall–Kier alpha value is -2.00. The van der Waals surface area contributed by atoms with Crippen molar-refractivity contribution in [3.8, 4) is 0 Å². The maximum absolute atomic E-state index is 12.3. The van der Waals surface area contributed by atoms with E-state index >= 15 is 0 Å². The molecule has 1 N–H and O–H groups in total. The SMILES string of the molecule is O=C(CS(=O)(=O)Cc1cccc(Br)c1)NC1CCN(c2ncccn2)CC1. The molecular formula is C18H21BrN4O3S. The molecule has 2 aromatic rings. The van der Waals surface area contributed by atoms with Crippen LogP contribution in [0.1, 0.15) is 18.4 Å². The topological polar surface area (TPSA) is 92.3 Å². The Bertz CT molecular complexity index is 884. The minimum absolute atomic E-state index is 0.0291. The highest BCUT2D eigenvalue weighted by Gasteiger charge is 2.24. The lowest BCUT2D eigenvalue weighted by Gasteiger charge is -2.32. The molecule has 1 aromatic carbocycles. The molecule has 7 nitrogen and oxygen atoms in total. The molecule has 0 atom stereocenters. The van der Waals surface area contributed by atoms with Crippen molar-refractivity contribution in [3.63, 3.8) is 0 Å². The molecule has 1 saturated heterocycles. The lowest BCUT2D eigenvalue weighted by atomic mass is 10.1. The first kappa shape index (κ1) is 19.8. The third kappa shape index (κ3) is 6.00. The molecule has 0 unspecified atom stereocenters. The number of carbonyl (C=O) groups excluding carboxylic acids is 1. The van der Waals surface area contributed by atoms with Crippen molar-refractivity contribution in [2.24, 2.45) is 0 Å². The van der Waals surface area contributed by atoms with Gasteiger partial charge in [0.05, 0.1) is 5.75 Å². The fraction of sp³-hybridized carbons (Fsp3) is 0.389. The minimum atomic E-state index is -3.52. The summed E-state index contributed by atoms with van der Waals surface area (Å²) in [5, 5.41) is 2.85. The smallest absolute Gasteiger partial charge is 0.235 e. The normalized spacial score (nSPS) is 15.5. The van der Waals surface area contributed by atoms with E-state index in [4.69, 9.17) is 0 Å². The Kier molecular flexibility index (Phi) is 6.43. The number of nitrogens with one attached hydrogen (secondary N) is 1. The molecule has 1 aromatic heterocycles. The number of benzene rings is 1. The van der Waals surface area contributed by atoms with Crippen LogP contribution in [0.5, 0.6) is 0 Å². The van der Waals surface area contributed by atoms with Gasteiger partial charge in [-0.2, -0.15) is 0 Å². The molecule has 3 rings (SSSR count). The van der Waals surface area contributed by atoms with E-state index in [1.165, 1.54) is 0 Å². The number of hydrogen-bond donors (Lipinski definition) is 1. The second-order valence-corrected chi connectivity index (χ2v) is 9.52. The number of aromatic nitrogens is 2. The molecule has 0 spiro atoms. The van der Waals surface area contributed by atoms with E-state index in [0.717, 1.165) is 30.4 Å². The van der Waals surface area contributed by atoms with Crippen LogP contribution in [0.2, 0.25) is 0 Å². The number of hydrogen-bond acceptors (Lipinski definition) is 6. The number of sulfone groups is 1. The monoisotopic (exact) mass is 452 g/mol. The van der Waals surface area contributed by atoms with Crippen molar-refractivity contribution in [1.82, 2.24) is 15.3 Å². The van der Waals surface area contributed by atoms with Crippen molar-refractivity contribution in [3.05, 3.63) is 52.8 Å². The quantitative estimate of drug-likeness (QED) is 0.719. The average Bonchev–Trinajstić information content (AvgIpc) is 2.62. The second-order valence-electron chi connectivity index (χ2n) is 6.54. The number of rotatable bonds is 6. The van der Waals surface area contributed by atoms with Crippen molar-refractivity contribution >= 4 is 37.6 Å². The Morgan fingerprint density at radius 3 is 2.56 bits per heavy atom. The zero-order chi connectivity index (χ0) is 19.3. The van der Waals surface area contributed by atoms with E-state index in [-0.39, 0.29) is 11.8 Å². The highest BCUT2D eigenvalue weighted by molar-refractivity contribution is 9.10. The standard InChI is InChI=1S/C18H21BrN4O3S/c19-15-4-1-3-14(11-15)12-27(25,26)13-17(24)22-16-5-9-23(10-6-16)18-20-7-2-8-21-18/h1-4,7-8,11,16H,5-6,9-10,12-13H2,(H,22,24). The van der Waals surface area contributed by atoms with E-state index in [1.807, 2.05) is 6.07 Å². The number of anilines is 1. The number of halogens is 1. The molecule has 0 saturated carbocycles. The van der Waals surface area contributed by atoms with Gasteiger partial charge in [0.2, 0.25) is 11.9 Å². The summed E-state index contributed by atoms with van der Waals surface area (Å²) in [6, 6.07) is 8.83. The van der Waals surface area contributed by atoms with Gasteiger partial charge in [-0.1, -0.05) is 28.1 Å². The minimum Gasteiger partial charge on any atom is -0.352 e. The molecule has 1 aliphatic rings. The van der Waals surface area contributed by atoms with Gasteiger partial charge in [-0.3, -0.25) is 4.79 Å². The van der Waals surface area contributed by atoms with Crippen LogP contribution in [-0.2, 0) is 20.4 Å². The summed E-state index contributed by atoms with van der Waals surface area (Å²) < 4.78 is 25.4. The summed E-state index contributed by atoms with van der Waals surface area (Å²) in [4.78, 5) is 22.7. The van der Waals surface area contributed by atoms with Crippen molar-refractivity contribution in [1.29, 1.82) is 0 Å². The van der Waals surface area contributed by atoms with Gasteiger partial charge in [-0.05, 0) is 36.6 Å². The molecule has 0 bridgehead atoms. The molecule has 1 fully saturated rings. The van der Waals surface area contributed by atoms with E-state index < -0.39 is 21.5 Å². The van der Waals surface area contributed by atoms with Crippen LogP contribution in [-0.4, -0.2) is 49.2 Å². The zero-order valence-electron chi connectivity index (χ0n) is 14.7. The third-order valence-electron chi connectivity index (χ3n) is 4.32. The van der Waals surface area contributed by atoms with Crippen LogP contribution in [0.4, 0.5) is 5.95 Å². The van der Waals surface area contributed by atoms with E-state index in [2.05, 4.69) is 36.1 Å². The number of nitrogens with zero attached hydrogens (tertiary/aromatic N) is 3. The average molecular weight is 453 g/mol. The Morgan fingerprint density at radius 1 is 1.19 bits per heavy atom. The summed E-state index contributed by atoms with van der Waals surface area (Å²) in [7, 11) is -3.52. The number of piperidine rings is 1. The lowest BCUT2D eigenvalue weighted by Crippen LogP contribution is -2.46. The molecule has 27 heavy (non-hydrogen) atoms. The van der Waals surface area contributed by atoms with Gasteiger partial charge in [0.1, 0.15) is 5.75 Å².